The van der Waals surface area contributed by atoms with E-state index >= 15 is 0 Å². The van der Waals surface area contributed by atoms with Gasteiger partial charge in [0.05, 0.1) is 18.8 Å². The second-order valence-corrected chi connectivity index (χ2v) is 11.6. The summed E-state index contributed by atoms with van der Waals surface area (Å²) in [4.78, 5) is 42.0. The van der Waals surface area contributed by atoms with Gasteiger partial charge in [-0.15, -0.1) is 0 Å². The van der Waals surface area contributed by atoms with Gasteiger partial charge in [0.15, 0.2) is 0 Å². The molecule has 0 spiro atoms. The van der Waals surface area contributed by atoms with Crippen molar-refractivity contribution in [3.63, 3.8) is 0 Å². The molecule has 0 bridgehead atoms. The lowest BCUT2D eigenvalue weighted by Crippen LogP contribution is -2.57. The van der Waals surface area contributed by atoms with E-state index in [1.54, 1.807) is 36.4 Å². The number of hydrogen-bond donors (Lipinski definition) is 2. The molecule has 1 saturated heterocycles. The minimum absolute atomic E-state index is 0.148. The average molecular weight is 561 g/mol. The Morgan fingerprint density at radius 1 is 1.00 bits per heavy atom. The quantitative estimate of drug-likeness (QED) is 0.387. The number of hydrazine groups is 1. The number of urea groups is 1. The molecule has 1 aliphatic heterocycles. The summed E-state index contributed by atoms with van der Waals surface area (Å²) in [7, 11) is 1.51. The Bertz CT molecular complexity index is 1390. The molecule has 8 nitrogen and oxygen atoms in total. The Hall–Kier alpha value is -4.40. The minimum Gasteiger partial charge on any atom is -0.497 e. The van der Waals surface area contributed by atoms with E-state index in [0.717, 1.165) is 5.56 Å². The fourth-order valence-corrected chi connectivity index (χ4v) is 5.38. The topological polar surface area (TPSA) is 105 Å². The fourth-order valence-electron chi connectivity index (χ4n) is 5.38. The van der Waals surface area contributed by atoms with Crippen LogP contribution in [0.1, 0.15) is 63.1 Å². The van der Waals surface area contributed by atoms with Crippen LogP contribution < -0.4 is 20.8 Å². The first kappa shape index (κ1) is 29.6. The summed E-state index contributed by atoms with van der Waals surface area (Å²) in [6.07, 6.45) is 0.742. The van der Waals surface area contributed by atoms with Crippen molar-refractivity contribution in [1.29, 1.82) is 0 Å². The number of amides is 4. The molecule has 1 unspecified atom stereocenters. The molecule has 4 amide bonds. The highest BCUT2D eigenvalue weighted by atomic mass is 19.1. The van der Waals surface area contributed by atoms with E-state index in [1.807, 2.05) is 51.1 Å². The van der Waals surface area contributed by atoms with Crippen molar-refractivity contribution in [3.05, 3.63) is 95.8 Å². The minimum atomic E-state index is -1.07. The van der Waals surface area contributed by atoms with Gasteiger partial charge < -0.3 is 10.5 Å². The second kappa shape index (κ2) is 12.4. The van der Waals surface area contributed by atoms with Crippen molar-refractivity contribution in [3.8, 4) is 5.75 Å². The molecule has 4 rings (SSSR count). The molecule has 3 N–H and O–H groups in total. The van der Waals surface area contributed by atoms with Gasteiger partial charge in [-0.3, -0.25) is 19.9 Å². The van der Waals surface area contributed by atoms with Crippen LogP contribution in [0.5, 0.6) is 5.75 Å². The molecule has 3 aromatic carbocycles. The van der Waals surface area contributed by atoms with Crippen LogP contribution in [0.3, 0.4) is 0 Å². The predicted octanol–water partition coefficient (Wildman–Crippen LogP) is 5.70. The molecule has 3 aromatic rings. The summed E-state index contributed by atoms with van der Waals surface area (Å²) < 4.78 is 19.8. The van der Waals surface area contributed by atoms with Crippen molar-refractivity contribution >= 4 is 23.5 Å². The highest BCUT2D eigenvalue weighted by molar-refractivity contribution is 6.00. The fraction of sp³-hybridized carbons (Fsp3) is 0.344. The summed E-state index contributed by atoms with van der Waals surface area (Å²) in [6.45, 7) is 5.77. The summed E-state index contributed by atoms with van der Waals surface area (Å²) in [5, 5.41) is 1.27. The lowest BCUT2D eigenvalue weighted by atomic mass is 9.86. The molecule has 0 saturated carbocycles. The number of hydrogen-bond acceptors (Lipinski definition) is 4. The number of nitrogens with one attached hydrogen (secondary N) is 1. The first-order chi connectivity index (χ1) is 19.5. The van der Waals surface area contributed by atoms with Crippen LogP contribution in [0.2, 0.25) is 0 Å². The van der Waals surface area contributed by atoms with Crippen molar-refractivity contribution < 1.29 is 23.5 Å². The number of ether oxygens (including phenoxy) is 1. The van der Waals surface area contributed by atoms with Crippen LogP contribution in [0.25, 0.3) is 0 Å². The van der Waals surface area contributed by atoms with Gasteiger partial charge in [0, 0.05) is 12.5 Å². The number of anilines is 1. The van der Waals surface area contributed by atoms with Gasteiger partial charge in [-0.05, 0) is 59.6 Å². The first-order valence-corrected chi connectivity index (χ1v) is 13.6. The number of halogens is 1. The maximum absolute atomic E-state index is 14.5. The largest absolute Gasteiger partial charge is 0.497 e. The Balaban J connectivity index is 1.87. The summed E-state index contributed by atoms with van der Waals surface area (Å²) >= 11 is 0. The maximum atomic E-state index is 14.5. The van der Waals surface area contributed by atoms with E-state index in [2.05, 4.69) is 5.43 Å². The van der Waals surface area contributed by atoms with Crippen molar-refractivity contribution in [2.45, 2.75) is 58.0 Å². The molecule has 1 heterocycles. The normalized spacial score (nSPS) is 19.3. The van der Waals surface area contributed by atoms with Crippen LogP contribution >= 0.6 is 0 Å². The van der Waals surface area contributed by atoms with Gasteiger partial charge in [0.2, 0.25) is 5.91 Å². The third kappa shape index (κ3) is 7.22. The number of nitrogens with two attached hydrogens (primary N) is 1. The number of carbonyl (C=O) groups is 3. The van der Waals surface area contributed by atoms with E-state index in [-0.39, 0.29) is 30.1 Å². The van der Waals surface area contributed by atoms with Crippen LogP contribution in [-0.2, 0) is 9.59 Å². The zero-order valence-electron chi connectivity index (χ0n) is 23.8. The Morgan fingerprint density at radius 2 is 1.68 bits per heavy atom. The molecule has 9 heteroatoms. The van der Waals surface area contributed by atoms with Gasteiger partial charge in [0.25, 0.3) is 5.91 Å². The second-order valence-electron chi connectivity index (χ2n) is 11.6. The molecule has 216 valence electrons. The molecule has 0 radical (unpaired) electrons. The van der Waals surface area contributed by atoms with Crippen LogP contribution in [0, 0.1) is 11.2 Å². The van der Waals surface area contributed by atoms with E-state index in [4.69, 9.17) is 10.5 Å². The number of nitrogens with zero attached hydrogens (tertiary/aromatic N) is 2. The van der Waals surface area contributed by atoms with E-state index in [1.165, 1.54) is 29.2 Å². The number of benzene rings is 3. The van der Waals surface area contributed by atoms with E-state index < -0.39 is 29.8 Å². The molecular weight excluding hydrogens is 523 g/mol. The first-order valence-electron chi connectivity index (χ1n) is 13.6. The monoisotopic (exact) mass is 560 g/mol. The Kier molecular flexibility index (Phi) is 8.95. The zero-order chi connectivity index (χ0) is 29.7. The molecule has 0 aromatic heterocycles. The maximum Gasteiger partial charge on any atom is 0.320 e. The highest BCUT2D eigenvalue weighted by Crippen LogP contribution is 2.41. The summed E-state index contributed by atoms with van der Waals surface area (Å²) in [5.41, 5.74) is 10.3. The van der Waals surface area contributed by atoms with E-state index in [9.17, 15) is 18.8 Å². The van der Waals surface area contributed by atoms with Crippen molar-refractivity contribution in [2.24, 2.45) is 11.1 Å². The number of primary amides is 1. The zero-order valence-corrected chi connectivity index (χ0v) is 23.8. The van der Waals surface area contributed by atoms with Gasteiger partial charge in [-0.25, -0.2) is 14.2 Å². The van der Waals surface area contributed by atoms with Crippen LogP contribution in [-0.4, -0.2) is 36.0 Å². The summed E-state index contributed by atoms with van der Waals surface area (Å²) in [6, 6.07) is 19.8. The van der Waals surface area contributed by atoms with Crippen molar-refractivity contribution in [1.82, 2.24) is 10.4 Å². The number of rotatable bonds is 7. The Morgan fingerprint density at radius 3 is 2.32 bits per heavy atom. The molecular formula is C32H37FN4O4. The molecule has 3 atom stereocenters. The average Bonchev–Trinajstić information content (AvgIpc) is 3.05. The SMILES string of the molecule is COc1cccc(N(C(N)=O)[C@@H]2C[C@H](c3ccccc3)CC(c3cccc(F)c3)N(NC(=O)CC(C)(C)C)C2=O)c1. The van der Waals surface area contributed by atoms with E-state index in [0.29, 0.717) is 23.4 Å². The Labute approximate surface area is 240 Å². The molecule has 1 fully saturated rings. The van der Waals surface area contributed by atoms with Gasteiger partial charge >= 0.3 is 6.03 Å². The molecule has 1 aliphatic rings. The van der Waals surface area contributed by atoms with Gasteiger partial charge in [-0.1, -0.05) is 69.3 Å². The third-order valence-electron chi connectivity index (χ3n) is 7.17. The third-order valence-corrected chi connectivity index (χ3v) is 7.17. The van der Waals surface area contributed by atoms with Crippen LogP contribution in [0.4, 0.5) is 14.9 Å². The standard InChI is InChI=1S/C32H37FN4O4/c1-32(2,3)20-29(38)35-37-27(22-12-8-13-24(33)16-22)17-23(21-10-6-5-7-11-21)18-28(30(37)39)36(31(34)40)25-14-9-15-26(19-25)41-4/h5-16,19,23,27-28H,17-18,20H2,1-4H3,(H2,34,40)(H,35,38)/t23-,27?,28-/m1/s1. The number of carbonyl (C=O) groups excluding carboxylic acids is 3. The predicted molar refractivity (Wildman–Crippen MR) is 155 cm³/mol. The van der Waals surface area contributed by atoms with Crippen molar-refractivity contribution in [2.75, 3.05) is 12.0 Å². The lowest BCUT2D eigenvalue weighted by molar-refractivity contribution is -0.145. The smallest absolute Gasteiger partial charge is 0.320 e. The molecule has 0 aliphatic carbocycles. The lowest BCUT2D eigenvalue weighted by Gasteiger charge is -2.35. The van der Waals surface area contributed by atoms with Gasteiger partial charge in [-0.2, -0.15) is 0 Å². The van der Waals surface area contributed by atoms with Gasteiger partial charge in [0.1, 0.15) is 17.6 Å². The number of methoxy groups -OCH3 is 1. The van der Waals surface area contributed by atoms with Crippen LogP contribution in [0.15, 0.2) is 78.9 Å². The molecule has 41 heavy (non-hydrogen) atoms. The highest BCUT2D eigenvalue weighted by Gasteiger charge is 2.43. The summed E-state index contributed by atoms with van der Waals surface area (Å²) in [5.74, 6) is -1.10.